The van der Waals surface area contributed by atoms with Crippen molar-refractivity contribution in [2.24, 2.45) is 5.92 Å². The fourth-order valence-corrected chi connectivity index (χ4v) is 4.08. The maximum absolute atomic E-state index is 11.9. The summed E-state index contributed by atoms with van der Waals surface area (Å²) >= 11 is 0. The fourth-order valence-electron chi connectivity index (χ4n) is 2.56. The molecule has 120 valence electrons. The highest BCUT2D eigenvalue weighted by molar-refractivity contribution is 7.91. The first-order chi connectivity index (χ1) is 9.96. The van der Waals surface area contributed by atoms with Crippen LogP contribution in [0, 0.1) is 12.8 Å². The van der Waals surface area contributed by atoms with Gasteiger partial charge in [-0.15, -0.1) is 0 Å². The average Bonchev–Trinajstić information content (AvgIpc) is 2.42. The van der Waals surface area contributed by atoms with Crippen molar-refractivity contribution >= 4 is 9.84 Å². The Morgan fingerprint density at radius 3 is 2.57 bits per heavy atom. The molecule has 1 rings (SSSR count). The molecule has 0 aliphatic heterocycles. The van der Waals surface area contributed by atoms with E-state index in [0.29, 0.717) is 23.8 Å². The van der Waals surface area contributed by atoms with Crippen molar-refractivity contribution in [3.05, 3.63) is 35.4 Å². The molecule has 3 nitrogen and oxygen atoms in total. The van der Waals surface area contributed by atoms with Gasteiger partial charge in [-0.1, -0.05) is 43.7 Å². The summed E-state index contributed by atoms with van der Waals surface area (Å²) in [5.41, 5.74) is 2.55. The van der Waals surface area contributed by atoms with E-state index in [1.807, 2.05) is 6.92 Å². The van der Waals surface area contributed by atoms with Crippen LogP contribution in [0.5, 0.6) is 0 Å². The van der Waals surface area contributed by atoms with Gasteiger partial charge in [-0.2, -0.15) is 0 Å². The third-order valence-corrected chi connectivity index (χ3v) is 5.53. The van der Waals surface area contributed by atoms with Crippen LogP contribution in [-0.2, 0) is 16.3 Å². The van der Waals surface area contributed by atoms with Crippen LogP contribution >= 0.6 is 0 Å². The van der Waals surface area contributed by atoms with Crippen molar-refractivity contribution in [2.45, 2.75) is 40.0 Å². The Bertz CT molecular complexity index is 511. The lowest BCUT2D eigenvalue weighted by Crippen LogP contribution is -2.26. The third kappa shape index (κ3) is 7.63. The predicted octanol–water partition coefficient (Wildman–Crippen LogP) is 2.98. The zero-order valence-electron chi connectivity index (χ0n) is 13.6. The van der Waals surface area contributed by atoms with E-state index < -0.39 is 9.84 Å². The predicted molar refractivity (Wildman–Crippen MR) is 90.5 cm³/mol. The lowest BCUT2D eigenvalue weighted by molar-refractivity contribution is 0.465. The second kappa shape index (κ2) is 9.21. The van der Waals surface area contributed by atoms with Crippen LogP contribution in [0.4, 0.5) is 0 Å². The summed E-state index contributed by atoms with van der Waals surface area (Å²) in [6, 6.07) is 8.49. The average molecular weight is 311 g/mol. The van der Waals surface area contributed by atoms with Crippen molar-refractivity contribution in [3.63, 3.8) is 0 Å². The van der Waals surface area contributed by atoms with Gasteiger partial charge >= 0.3 is 0 Å². The van der Waals surface area contributed by atoms with Gasteiger partial charge in [0.05, 0.1) is 5.75 Å². The van der Waals surface area contributed by atoms with E-state index in [1.54, 1.807) is 0 Å². The van der Waals surface area contributed by atoms with E-state index in [9.17, 15) is 8.42 Å². The van der Waals surface area contributed by atoms with Gasteiger partial charge in [0.1, 0.15) is 9.84 Å². The molecular weight excluding hydrogens is 282 g/mol. The Hall–Kier alpha value is -0.870. The number of aryl methyl sites for hydroxylation is 1. The molecule has 1 aromatic rings. The van der Waals surface area contributed by atoms with E-state index in [4.69, 9.17) is 0 Å². The van der Waals surface area contributed by atoms with Crippen molar-refractivity contribution in [1.82, 2.24) is 5.32 Å². The van der Waals surface area contributed by atoms with Crippen molar-refractivity contribution < 1.29 is 8.42 Å². The molecule has 4 heteroatoms. The van der Waals surface area contributed by atoms with Crippen LogP contribution in [0.25, 0.3) is 0 Å². The first-order valence-electron chi connectivity index (χ1n) is 7.93. The molecule has 0 spiro atoms. The summed E-state index contributed by atoms with van der Waals surface area (Å²) in [6.45, 7) is 7.89. The molecule has 21 heavy (non-hydrogen) atoms. The zero-order chi connectivity index (χ0) is 15.7. The lowest BCUT2D eigenvalue weighted by Gasteiger charge is -2.18. The van der Waals surface area contributed by atoms with Gasteiger partial charge in [0.25, 0.3) is 0 Å². The molecule has 0 saturated heterocycles. The number of rotatable bonds is 10. The van der Waals surface area contributed by atoms with Gasteiger partial charge in [0.15, 0.2) is 0 Å². The van der Waals surface area contributed by atoms with E-state index in [-0.39, 0.29) is 0 Å². The smallest absolute Gasteiger partial charge is 0.150 e. The van der Waals surface area contributed by atoms with Crippen LogP contribution in [0.2, 0.25) is 0 Å². The van der Waals surface area contributed by atoms with Crippen LogP contribution < -0.4 is 5.32 Å². The normalized spacial score (nSPS) is 13.3. The number of nitrogens with one attached hydrogen (secondary N) is 1. The molecule has 0 fully saturated rings. The van der Waals surface area contributed by atoms with Gasteiger partial charge in [-0.25, -0.2) is 8.42 Å². The van der Waals surface area contributed by atoms with Gasteiger partial charge in [-0.05, 0) is 50.8 Å². The molecule has 0 aliphatic carbocycles. The number of hydrogen-bond donors (Lipinski definition) is 1. The largest absolute Gasteiger partial charge is 0.317 e. The summed E-state index contributed by atoms with van der Waals surface area (Å²) in [4.78, 5) is 0. The summed E-state index contributed by atoms with van der Waals surface area (Å²) < 4.78 is 23.8. The lowest BCUT2D eigenvalue weighted by atomic mass is 9.96. The Labute approximate surface area is 130 Å². The van der Waals surface area contributed by atoms with Gasteiger partial charge in [0, 0.05) is 5.75 Å². The fraction of sp³-hybridized carbons (Fsp3) is 0.647. The summed E-state index contributed by atoms with van der Waals surface area (Å²) in [7, 11) is -2.88. The molecule has 0 aromatic heterocycles. The first-order valence-corrected chi connectivity index (χ1v) is 9.75. The molecule has 1 N–H and O–H groups in total. The van der Waals surface area contributed by atoms with Crippen molar-refractivity contribution in [2.75, 3.05) is 24.6 Å². The molecule has 1 unspecified atom stereocenters. The molecule has 0 radical (unpaired) electrons. The zero-order valence-corrected chi connectivity index (χ0v) is 14.4. The molecule has 0 heterocycles. The molecule has 1 atom stereocenters. The van der Waals surface area contributed by atoms with Crippen LogP contribution in [0.1, 0.15) is 37.8 Å². The highest BCUT2D eigenvalue weighted by Crippen LogP contribution is 2.15. The molecule has 0 amide bonds. The van der Waals surface area contributed by atoms with E-state index in [1.165, 1.54) is 11.1 Å². The minimum absolute atomic E-state index is 0.308. The number of benzene rings is 1. The molecule has 1 aromatic carbocycles. The number of sulfone groups is 1. The van der Waals surface area contributed by atoms with Gasteiger partial charge in [0.2, 0.25) is 0 Å². The Morgan fingerprint density at radius 2 is 1.95 bits per heavy atom. The highest BCUT2D eigenvalue weighted by atomic mass is 32.2. The van der Waals surface area contributed by atoms with E-state index in [2.05, 4.69) is 43.4 Å². The Balaban J connectivity index is 2.63. The minimum atomic E-state index is -2.88. The van der Waals surface area contributed by atoms with Crippen molar-refractivity contribution in [1.29, 1.82) is 0 Å². The first kappa shape index (κ1) is 18.2. The molecular formula is C17H29NO2S. The van der Waals surface area contributed by atoms with Crippen molar-refractivity contribution in [3.8, 4) is 0 Å². The maximum Gasteiger partial charge on any atom is 0.150 e. The van der Waals surface area contributed by atoms with E-state index in [0.717, 1.165) is 25.9 Å². The molecule has 0 aliphatic rings. The van der Waals surface area contributed by atoms with Crippen LogP contribution in [0.15, 0.2) is 24.3 Å². The SMILES string of the molecule is CCCS(=O)(=O)CCC(CNCC)Cc1cccc(C)c1. The second-order valence-electron chi connectivity index (χ2n) is 5.81. The summed E-state index contributed by atoms with van der Waals surface area (Å²) in [5.74, 6) is 0.993. The number of hydrogen-bond acceptors (Lipinski definition) is 3. The summed E-state index contributed by atoms with van der Waals surface area (Å²) in [5, 5.41) is 3.36. The maximum atomic E-state index is 11.9. The standard InChI is InChI=1S/C17H29NO2S/c1-4-10-21(19,20)11-9-17(14-18-5-2)13-16-8-6-7-15(3)12-16/h6-8,12,17-18H,4-5,9-11,13-14H2,1-3H3. The topological polar surface area (TPSA) is 46.2 Å². The van der Waals surface area contributed by atoms with Gasteiger partial charge in [-0.3, -0.25) is 0 Å². The van der Waals surface area contributed by atoms with Gasteiger partial charge < -0.3 is 5.32 Å². The van der Waals surface area contributed by atoms with E-state index >= 15 is 0 Å². The van der Waals surface area contributed by atoms with Crippen LogP contribution in [0.3, 0.4) is 0 Å². The highest BCUT2D eigenvalue weighted by Gasteiger charge is 2.15. The molecule has 0 bridgehead atoms. The third-order valence-electron chi connectivity index (χ3n) is 3.64. The summed E-state index contributed by atoms with van der Waals surface area (Å²) in [6.07, 6.45) is 2.39. The van der Waals surface area contributed by atoms with Crippen LogP contribution in [-0.4, -0.2) is 33.0 Å². The monoisotopic (exact) mass is 311 g/mol. The Morgan fingerprint density at radius 1 is 1.19 bits per heavy atom. The minimum Gasteiger partial charge on any atom is -0.317 e. The second-order valence-corrected chi connectivity index (χ2v) is 8.11. The quantitative estimate of drug-likeness (QED) is 0.722. The Kier molecular flexibility index (Phi) is 7.97. The molecule has 0 saturated carbocycles.